The summed E-state index contributed by atoms with van der Waals surface area (Å²) in [7, 11) is -4.19. The Hall–Kier alpha value is -1.52. The number of halogens is 6. The lowest BCUT2D eigenvalue weighted by molar-refractivity contribution is -0.137. The lowest BCUT2D eigenvalue weighted by Crippen LogP contribution is -2.38. The van der Waals surface area contributed by atoms with Gasteiger partial charge in [0.15, 0.2) is 0 Å². The Kier molecular flexibility index (Phi) is 7.45. The highest BCUT2D eigenvalue weighted by molar-refractivity contribution is 7.89. The van der Waals surface area contributed by atoms with Crippen molar-refractivity contribution >= 4 is 56.4 Å². The Morgan fingerprint density at radius 2 is 1.69 bits per heavy atom. The molecular formula is C17H14Cl3F3N2O3S. The number of sulfonamides is 1. The van der Waals surface area contributed by atoms with Crippen LogP contribution in [0.2, 0.25) is 15.1 Å². The van der Waals surface area contributed by atoms with E-state index in [0.717, 1.165) is 22.5 Å². The van der Waals surface area contributed by atoms with Crippen molar-refractivity contribution in [1.29, 1.82) is 0 Å². The fraction of sp³-hybridized carbons (Fsp3) is 0.235. The molecule has 2 aromatic carbocycles. The van der Waals surface area contributed by atoms with Gasteiger partial charge in [0.05, 0.1) is 27.8 Å². The molecule has 0 unspecified atom stereocenters. The number of hydrogen-bond donors (Lipinski definition) is 1. The molecule has 1 N–H and O–H groups in total. The van der Waals surface area contributed by atoms with E-state index < -0.39 is 34.2 Å². The molecule has 0 radical (unpaired) electrons. The highest BCUT2D eigenvalue weighted by atomic mass is 35.5. The third-order valence-corrected chi connectivity index (χ3v) is 6.72. The Bertz CT molecular complexity index is 1030. The first-order valence-corrected chi connectivity index (χ1v) is 10.6. The fourth-order valence-corrected chi connectivity index (χ4v) is 4.64. The molecule has 0 heterocycles. The zero-order valence-corrected chi connectivity index (χ0v) is 17.8. The number of carbonyl (C=O) groups is 1. The van der Waals surface area contributed by atoms with Crippen LogP contribution < -0.4 is 5.32 Å². The van der Waals surface area contributed by atoms with Gasteiger partial charge in [-0.1, -0.05) is 41.7 Å². The molecule has 0 fully saturated rings. The average molecular weight is 490 g/mol. The van der Waals surface area contributed by atoms with Gasteiger partial charge in [-0.25, -0.2) is 8.42 Å². The van der Waals surface area contributed by atoms with Crippen LogP contribution in [0.4, 0.5) is 18.9 Å². The molecule has 12 heteroatoms. The highest BCUT2D eigenvalue weighted by Gasteiger charge is 2.32. The van der Waals surface area contributed by atoms with Gasteiger partial charge in [-0.2, -0.15) is 17.5 Å². The van der Waals surface area contributed by atoms with E-state index >= 15 is 0 Å². The summed E-state index contributed by atoms with van der Waals surface area (Å²) < 4.78 is 65.0. The molecule has 0 aliphatic rings. The maximum atomic E-state index is 12.8. The number of nitrogens with one attached hydrogen (secondary N) is 1. The number of hydrogen-bond acceptors (Lipinski definition) is 3. The van der Waals surface area contributed by atoms with Crippen molar-refractivity contribution in [2.75, 3.05) is 18.4 Å². The summed E-state index contributed by atoms with van der Waals surface area (Å²) in [6.45, 7) is 0.712. The molecule has 0 bridgehead atoms. The Morgan fingerprint density at radius 1 is 1.07 bits per heavy atom. The molecular weight excluding hydrogens is 476 g/mol. The molecule has 158 valence electrons. The van der Waals surface area contributed by atoms with E-state index in [1.165, 1.54) is 19.1 Å². The second-order valence-corrected chi connectivity index (χ2v) is 8.90. The quantitative estimate of drug-likeness (QED) is 0.598. The van der Waals surface area contributed by atoms with Crippen molar-refractivity contribution in [1.82, 2.24) is 4.31 Å². The maximum absolute atomic E-state index is 12.8. The molecule has 1 amide bonds. The molecule has 2 aromatic rings. The van der Waals surface area contributed by atoms with Crippen LogP contribution in [0.1, 0.15) is 12.5 Å². The Labute approximate surface area is 180 Å². The standard InChI is InChI=1S/C17H14Cl3F3N2O3S/c1-2-25(29(27,28)15-8-11(18)4-6-13(15)20)9-16(26)24-14-7-10(17(21,22)23)3-5-12(14)19/h3-8H,2,9H2,1H3,(H,24,26). The summed E-state index contributed by atoms with van der Waals surface area (Å²) in [5.41, 5.74) is -1.30. The van der Waals surface area contributed by atoms with E-state index in [0.29, 0.717) is 6.07 Å². The van der Waals surface area contributed by atoms with Crippen molar-refractivity contribution in [2.24, 2.45) is 0 Å². The number of amides is 1. The first-order chi connectivity index (χ1) is 13.4. The zero-order valence-electron chi connectivity index (χ0n) is 14.7. The van der Waals surface area contributed by atoms with Crippen LogP contribution in [0, 0.1) is 0 Å². The number of anilines is 1. The molecule has 2 rings (SSSR count). The van der Waals surface area contributed by atoms with Crippen LogP contribution >= 0.6 is 34.8 Å². The van der Waals surface area contributed by atoms with Crippen LogP contribution in [0.5, 0.6) is 0 Å². The van der Waals surface area contributed by atoms with Gasteiger partial charge in [-0.05, 0) is 36.4 Å². The normalized spacial score (nSPS) is 12.3. The number of likely N-dealkylation sites (N-methyl/N-ethyl adjacent to an activating group) is 1. The molecule has 0 saturated carbocycles. The van der Waals surface area contributed by atoms with E-state index in [1.54, 1.807) is 0 Å². The predicted octanol–water partition coefficient (Wildman–Crippen LogP) is 5.31. The van der Waals surface area contributed by atoms with Gasteiger partial charge in [-0.15, -0.1) is 0 Å². The second-order valence-electron chi connectivity index (χ2n) is 5.75. The monoisotopic (exact) mass is 488 g/mol. The van der Waals surface area contributed by atoms with Gasteiger partial charge in [0, 0.05) is 11.6 Å². The van der Waals surface area contributed by atoms with Gasteiger partial charge >= 0.3 is 6.18 Å². The van der Waals surface area contributed by atoms with E-state index in [4.69, 9.17) is 34.8 Å². The molecule has 0 aliphatic heterocycles. The SMILES string of the molecule is CCN(CC(=O)Nc1cc(C(F)(F)F)ccc1Cl)S(=O)(=O)c1cc(Cl)ccc1Cl. The predicted molar refractivity (Wildman–Crippen MR) is 106 cm³/mol. The van der Waals surface area contributed by atoms with Crippen molar-refractivity contribution in [3.05, 3.63) is 57.0 Å². The summed E-state index contributed by atoms with van der Waals surface area (Å²) in [6.07, 6.45) is -4.63. The molecule has 0 aromatic heterocycles. The van der Waals surface area contributed by atoms with Crippen LogP contribution in [0.3, 0.4) is 0 Å². The first-order valence-electron chi connectivity index (χ1n) is 7.98. The van der Waals surface area contributed by atoms with Crippen LogP contribution in [0.25, 0.3) is 0 Å². The minimum atomic E-state index is -4.63. The van der Waals surface area contributed by atoms with Crippen molar-refractivity contribution in [3.63, 3.8) is 0 Å². The van der Waals surface area contributed by atoms with Gasteiger partial charge in [0.25, 0.3) is 0 Å². The summed E-state index contributed by atoms with van der Waals surface area (Å²) >= 11 is 17.6. The van der Waals surface area contributed by atoms with Crippen molar-refractivity contribution < 1.29 is 26.4 Å². The number of rotatable bonds is 6. The van der Waals surface area contributed by atoms with Gasteiger partial charge < -0.3 is 5.32 Å². The summed E-state index contributed by atoms with van der Waals surface area (Å²) in [5, 5.41) is 2.11. The third kappa shape index (κ3) is 5.76. The minimum Gasteiger partial charge on any atom is -0.324 e. The highest BCUT2D eigenvalue weighted by Crippen LogP contribution is 2.34. The topological polar surface area (TPSA) is 66.5 Å². The lowest BCUT2D eigenvalue weighted by atomic mass is 10.2. The number of nitrogens with zero attached hydrogens (tertiary/aromatic N) is 1. The molecule has 0 spiro atoms. The van der Waals surface area contributed by atoms with E-state index in [-0.39, 0.29) is 32.2 Å². The Morgan fingerprint density at radius 3 is 2.28 bits per heavy atom. The van der Waals surface area contributed by atoms with Gasteiger partial charge in [0.2, 0.25) is 15.9 Å². The van der Waals surface area contributed by atoms with Crippen LogP contribution in [0.15, 0.2) is 41.3 Å². The Balaban J connectivity index is 2.26. The number of carbonyl (C=O) groups excluding carboxylic acids is 1. The molecule has 0 aliphatic carbocycles. The number of benzene rings is 2. The average Bonchev–Trinajstić information content (AvgIpc) is 2.62. The minimum absolute atomic E-state index is 0.0887. The van der Waals surface area contributed by atoms with Gasteiger partial charge in [0.1, 0.15) is 4.90 Å². The van der Waals surface area contributed by atoms with E-state index in [9.17, 15) is 26.4 Å². The van der Waals surface area contributed by atoms with Gasteiger partial charge in [-0.3, -0.25) is 4.79 Å². The zero-order chi connectivity index (χ0) is 22.0. The van der Waals surface area contributed by atoms with Crippen molar-refractivity contribution in [2.45, 2.75) is 18.0 Å². The lowest BCUT2D eigenvalue weighted by Gasteiger charge is -2.21. The first kappa shape index (κ1) is 23.8. The smallest absolute Gasteiger partial charge is 0.324 e. The molecule has 0 atom stereocenters. The second kappa shape index (κ2) is 9.09. The molecule has 0 saturated heterocycles. The largest absolute Gasteiger partial charge is 0.416 e. The van der Waals surface area contributed by atoms with Crippen LogP contribution in [-0.4, -0.2) is 31.7 Å². The van der Waals surface area contributed by atoms with Crippen molar-refractivity contribution in [3.8, 4) is 0 Å². The van der Waals surface area contributed by atoms with E-state index in [2.05, 4.69) is 5.32 Å². The summed E-state index contributed by atoms with van der Waals surface area (Å²) in [5.74, 6) is -0.880. The third-order valence-electron chi connectivity index (χ3n) is 3.75. The summed E-state index contributed by atoms with van der Waals surface area (Å²) in [4.78, 5) is 12.0. The fourth-order valence-electron chi connectivity index (χ4n) is 2.33. The summed E-state index contributed by atoms with van der Waals surface area (Å²) in [6, 6.07) is 6.26. The maximum Gasteiger partial charge on any atom is 0.416 e. The van der Waals surface area contributed by atoms with Crippen LogP contribution in [-0.2, 0) is 21.0 Å². The van der Waals surface area contributed by atoms with E-state index in [1.807, 2.05) is 0 Å². The molecule has 5 nitrogen and oxygen atoms in total. The number of alkyl halides is 3. The molecule has 29 heavy (non-hydrogen) atoms.